The molecule has 5 nitrogen and oxygen atoms in total. The van der Waals surface area contributed by atoms with Crippen molar-refractivity contribution in [2.24, 2.45) is 7.05 Å². The normalized spacial score (nSPS) is 14.0. The summed E-state index contributed by atoms with van der Waals surface area (Å²) in [4.78, 5) is 14.0. The van der Waals surface area contributed by atoms with Crippen molar-refractivity contribution < 1.29 is 0 Å². The van der Waals surface area contributed by atoms with Crippen LogP contribution in [0.3, 0.4) is 0 Å². The zero-order chi connectivity index (χ0) is 16.7. The van der Waals surface area contributed by atoms with Gasteiger partial charge in [-0.25, -0.2) is 15.0 Å². The molecule has 2 aromatic heterocycles. The maximum absolute atomic E-state index is 4.78. The second kappa shape index (κ2) is 5.89. The second-order valence-corrected chi connectivity index (χ2v) is 6.68. The van der Waals surface area contributed by atoms with Crippen molar-refractivity contribution >= 4 is 16.9 Å². The van der Waals surface area contributed by atoms with E-state index < -0.39 is 0 Å². The number of fused-ring (bicyclic) bond motifs is 2. The lowest BCUT2D eigenvalue weighted by atomic mass is 9.96. The quantitative estimate of drug-likeness (QED) is 0.802. The molecular weight excluding hydrogens is 298 g/mol. The smallest absolute Gasteiger partial charge is 0.133 e. The van der Waals surface area contributed by atoms with Gasteiger partial charge in [0.1, 0.15) is 17.5 Å². The van der Waals surface area contributed by atoms with Gasteiger partial charge in [0, 0.05) is 18.3 Å². The number of hydrogen-bond donors (Lipinski definition) is 1. The Hall–Kier alpha value is -2.43. The molecule has 0 spiro atoms. The van der Waals surface area contributed by atoms with Crippen molar-refractivity contribution in [2.45, 2.75) is 46.1 Å². The van der Waals surface area contributed by atoms with Crippen LogP contribution in [0.4, 0.5) is 5.82 Å². The summed E-state index contributed by atoms with van der Waals surface area (Å²) in [6.45, 7) is 4.74. The van der Waals surface area contributed by atoms with Gasteiger partial charge in [0.25, 0.3) is 0 Å². The van der Waals surface area contributed by atoms with E-state index in [9.17, 15) is 0 Å². The van der Waals surface area contributed by atoms with Gasteiger partial charge in [0.05, 0.1) is 17.6 Å². The van der Waals surface area contributed by atoms with Crippen LogP contribution < -0.4 is 5.32 Å². The van der Waals surface area contributed by atoms with Gasteiger partial charge in [-0.05, 0) is 57.2 Å². The summed E-state index contributed by atoms with van der Waals surface area (Å²) in [6, 6.07) is 6.40. The van der Waals surface area contributed by atoms with Crippen molar-refractivity contribution in [1.82, 2.24) is 19.5 Å². The van der Waals surface area contributed by atoms with E-state index in [1.165, 1.54) is 35.2 Å². The van der Waals surface area contributed by atoms with Crippen LogP contribution in [0.15, 0.2) is 18.2 Å². The zero-order valence-electron chi connectivity index (χ0n) is 14.6. The summed E-state index contributed by atoms with van der Waals surface area (Å²) in [5.41, 5.74) is 5.97. The fourth-order valence-electron chi connectivity index (χ4n) is 3.54. The van der Waals surface area contributed by atoms with Crippen LogP contribution in [-0.2, 0) is 26.4 Å². The Morgan fingerprint density at radius 3 is 2.79 bits per heavy atom. The van der Waals surface area contributed by atoms with E-state index >= 15 is 0 Å². The largest absolute Gasteiger partial charge is 0.362 e. The van der Waals surface area contributed by atoms with E-state index in [0.717, 1.165) is 35.8 Å². The third-order valence-electron chi connectivity index (χ3n) is 4.84. The van der Waals surface area contributed by atoms with Crippen molar-refractivity contribution in [3.8, 4) is 0 Å². The van der Waals surface area contributed by atoms with Crippen molar-refractivity contribution in [1.29, 1.82) is 0 Å². The van der Waals surface area contributed by atoms with E-state index in [1.54, 1.807) is 0 Å². The Bertz CT molecular complexity index is 910. The first-order valence-corrected chi connectivity index (χ1v) is 8.64. The fourth-order valence-corrected chi connectivity index (χ4v) is 3.54. The summed E-state index contributed by atoms with van der Waals surface area (Å²) in [5.74, 6) is 2.86. The first-order valence-electron chi connectivity index (χ1n) is 8.64. The standard InChI is InChI=1S/C19H23N5/c1-12-8-9-17-16(10-12)23-18(24(17)3)11-20-19-14-6-4-5-7-15(14)21-13(2)22-19/h8-10H,4-7,11H2,1-3H3,(H,20,21,22). The molecule has 0 aliphatic heterocycles. The van der Waals surface area contributed by atoms with Gasteiger partial charge in [0.15, 0.2) is 0 Å². The number of hydrogen-bond acceptors (Lipinski definition) is 4. The summed E-state index contributed by atoms with van der Waals surface area (Å²) < 4.78 is 2.16. The number of imidazole rings is 1. The first-order chi connectivity index (χ1) is 11.6. The lowest BCUT2D eigenvalue weighted by Gasteiger charge is -2.19. The molecule has 2 heterocycles. The Morgan fingerprint density at radius 2 is 1.92 bits per heavy atom. The third kappa shape index (κ3) is 2.64. The van der Waals surface area contributed by atoms with E-state index in [0.29, 0.717) is 6.54 Å². The highest BCUT2D eigenvalue weighted by Crippen LogP contribution is 2.26. The lowest BCUT2D eigenvalue weighted by Crippen LogP contribution is -2.15. The number of anilines is 1. The minimum atomic E-state index is 0.674. The third-order valence-corrected chi connectivity index (χ3v) is 4.84. The molecule has 1 aliphatic carbocycles. The molecule has 0 bridgehead atoms. The molecule has 5 heteroatoms. The second-order valence-electron chi connectivity index (χ2n) is 6.68. The van der Waals surface area contributed by atoms with Gasteiger partial charge in [-0.3, -0.25) is 0 Å². The van der Waals surface area contributed by atoms with Gasteiger partial charge in [-0.1, -0.05) is 6.07 Å². The van der Waals surface area contributed by atoms with Crippen LogP contribution in [0.5, 0.6) is 0 Å². The molecule has 0 amide bonds. The number of aromatic nitrogens is 4. The molecule has 1 aromatic carbocycles. The van der Waals surface area contributed by atoms with Crippen molar-refractivity contribution in [2.75, 3.05) is 5.32 Å². The molecule has 3 aromatic rings. The molecule has 0 radical (unpaired) electrons. The highest BCUT2D eigenvalue weighted by atomic mass is 15.1. The van der Waals surface area contributed by atoms with Gasteiger partial charge in [0.2, 0.25) is 0 Å². The van der Waals surface area contributed by atoms with Crippen LogP contribution in [0.1, 0.15) is 41.3 Å². The van der Waals surface area contributed by atoms with E-state index in [4.69, 9.17) is 4.98 Å². The molecule has 1 aliphatic rings. The van der Waals surface area contributed by atoms with Gasteiger partial charge in [-0.15, -0.1) is 0 Å². The molecule has 0 saturated carbocycles. The molecule has 24 heavy (non-hydrogen) atoms. The van der Waals surface area contributed by atoms with Crippen LogP contribution >= 0.6 is 0 Å². The Kier molecular flexibility index (Phi) is 3.71. The maximum atomic E-state index is 4.78. The van der Waals surface area contributed by atoms with E-state index in [-0.39, 0.29) is 0 Å². The van der Waals surface area contributed by atoms with Crippen molar-refractivity contribution in [3.63, 3.8) is 0 Å². The Labute approximate surface area is 142 Å². The zero-order valence-corrected chi connectivity index (χ0v) is 14.6. The molecule has 1 N–H and O–H groups in total. The van der Waals surface area contributed by atoms with Crippen LogP contribution in [0.25, 0.3) is 11.0 Å². The average Bonchev–Trinajstić information content (AvgIpc) is 2.87. The molecular formula is C19H23N5. The molecule has 0 unspecified atom stereocenters. The average molecular weight is 321 g/mol. The SMILES string of the molecule is Cc1ccc2c(c1)nc(CNc1nc(C)nc3c1CCCC3)n2C. The fraction of sp³-hybridized carbons (Fsp3) is 0.421. The van der Waals surface area contributed by atoms with E-state index in [1.807, 2.05) is 6.92 Å². The minimum absolute atomic E-state index is 0.674. The highest BCUT2D eigenvalue weighted by Gasteiger charge is 2.17. The Balaban J connectivity index is 1.64. The lowest BCUT2D eigenvalue weighted by molar-refractivity contribution is 0.658. The number of nitrogens with zero attached hydrogens (tertiary/aromatic N) is 4. The molecule has 0 atom stereocenters. The predicted octanol–water partition coefficient (Wildman–Crippen LogP) is 3.47. The Morgan fingerprint density at radius 1 is 1.08 bits per heavy atom. The van der Waals surface area contributed by atoms with Crippen LogP contribution in [-0.4, -0.2) is 19.5 Å². The molecule has 4 rings (SSSR count). The van der Waals surface area contributed by atoms with E-state index in [2.05, 4.69) is 52.0 Å². The first kappa shape index (κ1) is 15.1. The summed E-state index contributed by atoms with van der Waals surface area (Å²) in [5, 5.41) is 3.51. The topological polar surface area (TPSA) is 55.6 Å². The highest BCUT2D eigenvalue weighted by molar-refractivity contribution is 5.76. The number of nitrogens with one attached hydrogen (secondary N) is 1. The molecule has 124 valence electrons. The van der Waals surface area contributed by atoms with Gasteiger partial charge >= 0.3 is 0 Å². The van der Waals surface area contributed by atoms with Crippen LogP contribution in [0.2, 0.25) is 0 Å². The van der Waals surface area contributed by atoms with Crippen molar-refractivity contribution in [3.05, 3.63) is 46.7 Å². The van der Waals surface area contributed by atoms with Gasteiger partial charge in [-0.2, -0.15) is 0 Å². The summed E-state index contributed by atoms with van der Waals surface area (Å²) in [7, 11) is 2.07. The molecule has 0 fully saturated rings. The summed E-state index contributed by atoms with van der Waals surface area (Å²) in [6.07, 6.45) is 4.59. The predicted molar refractivity (Wildman–Crippen MR) is 96.2 cm³/mol. The number of rotatable bonds is 3. The number of benzene rings is 1. The summed E-state index contributed by atoms with van der Waals surface area (Å²) >= 11 is 0. The monoisotopic (exact) mass is 321 g/mol. The minimum Gasteiger partial charge on any atom is -0.362 e. The van der Waals surface area contributed by atoms with Crippen LogP contribution in [0, 0.1) is 13.8 Å². The van der Waals surface area contributed by atoms with Gasteiger partial charge < -0.3 is 9.88 Å². The number of aryl methyl sites for hydroxylation is 4. The molecule has 0 saturated heterocycles. The maximum Gasteiger partial charge on any atom is 0.133 e.